The first-order valence-corrected chi connectivity index (χ1v) is 42.7. The summed E-state index contributed by atoms with van der Waals surface area (Å²) < 4.78 is 5.26. The Kier molecular flexibility index (Phi) is 17.8. The Morgan fingerprint density at radius 1 is 0.244 bits per heavy atom. The Bertz CT molecular complexity index is 7360. The summed E-state index contributed by atoms with van der Waals surface area (Å²) in [6.07, 6.45) is 7.33. The van der Waals surface area contributed by atoms with Gasteiger partial charge < -0.3 is 19.6 Å². The number of para-hydroxylation sites is 8. The first-order valence-electron chi connectivity index (χ1n) is 41.1. The standard InChI is InChI=1S/C59H44N2S.C54H36N2S/c1-59(2)54-36-40(27-31-48(54)49-33-29-45(37-55(49)59)60(41-17-7-3-8-18-41)42-19-9-4-10-20-42)39-28-32-51-53(35-39)47-25-15-16-26-50(47)57-52-34-30-46(38-56(52)62-58(51)57)61(43-21-11-5-12-22-43)44-23-13-6-14-24-44;1-5-15-41(16-6-1)55(42-17-7-2-8-18-42)45-29-27-38-33-37(25-26-39(38)34-45)40-28-31-49-51(35-40)47-23-13-14-24-48(47)53-50-32-30-46(36-52(50)57-54(49)53)56(43-19-9-3-10-20-43)44-21-11-4-12-22-44/h3-38,49,55H,1-2H3;1-36H. The van der Waals surface area contributed by atoms with E-state index in [0.717, 1.165) is 51.2 Å². The number of thiophene rings is 2. The lowest BCUT2D eigenvalue weighted by Crippen LogP contribution is -2.28. The normalized spacial score (nSPS) is 14.1. The van der Waals surface area contributed by atoms with Gasteiger partial charge in [0.25, 0.3) is 0 Å². The molecule has 0 saturated heterocycles. The summed E-state index contributed by atoms with van der Waals surface area (Å²) in [5.41, 5.74) is 21.6. The molecule has 0 amide bonds. The van der Waals surface area contributed by atoms with Gasteiger partial charge in [0, 0.05) is 125 Å². The van der Waals surface area contributed by atoms with E-state index in [4.69, 9.17) is 0 Å². The molecule has 2 atom stereocenters. The summed E-state index contributed by atoms with van der Waals surface area (Å²) in [4.78, 5) is 9.42. The second-order valence-corrected chi connectivity index (χ2v) is 34.0. The van der Waals surface area contributed by atoms with Crippen molar-refractivity contribution in [2.24, 2.45) is 5.92 Å². The molecule has 2 aliphatic rings. The molecule has 2 aromatic heterocycles. The van der Waals surface area contributed by atoms with Gasteiger partial charge in [0.15, 0.2) is 0 Å². The molecule has 0 radical (unpaired) electrons. The molecule has 23 rings (SSSR count). The number of rotatable bonds is 14. The zero-order valence-corrected chi connectivity index (χ0v) is 67.5. The largest absolute Gasteiger partial charge is 0.311 e. The molecule has 0 saturated carbocycles. The molecule has 19 aromatic carbocycles. The van der Waals surface area contributed by atoms with Crippen LogP contribution in [0.25, 0.3) is 116 Å². The van der Waals surface area contributed by atoms with Gasteiger partial charge in [-0.05, 0) is 246 Å². The van der Waals surface area contributed by atoms with Crippen LogP contribution in [0.2, 0.25) is 0 Å². The molecule has 0 N–H and O–H groups in total. The smallest absolute Gasteiger partial charge is 0.0476 e. The van der Waals surface area contributed by atoms with E-state index in [9.17, 15) is 0 Å². The van der Waals surface area contributed by atoms with Crippen LogP contribution in [0.3, 0.4) is 0 Å². The van der Waals surface area contributed by atoms with Crippen LogP contribution in [0.4, 0.5) is 62.6 Å². The van der Waals surface area contributed by atoms with Crippen LogP contribution in [0.1, 0.15) is 30.9 Å². The van der Waals surface area contributed by atoms with Crippen molar-refractivity contribution in [3.05, 3.63) is 454 Å². The predicted octanol–water partition coefficient (Wildman–Crippen LogP) is 32.9. The van der Waals surface area contributed by atoms with E-state index in [0.29, 0.717) is 11.8 Å². The quantitative estimate of drug-likeness (QED) is 0.101. The van der Waals surface area contributed by atoms with Crippen molar-refractivity contribution in [2.45, 2.75) is 25.2 Å². The first kappa shape index (κ1) is 71.2. The van der Waals surface area contributed by atoms with Gasteiger partial charge in [-0.15, -0.1) is 22.7 Å². The lowest BCUT2D eigenvalue weighted by Gasteiger charge is -2.34. The van der Waals surface area contributed by atoms with E-state index < -0.39 is 0 Å². The molecule has 4 nitrogen and oxygen atoms in total. The summed E-state index contributed by atoms with van der Waals surface area (Å²) >= 11 is 3.82. The average Bonchev–Trinajstić information content (AvgIpc) is 1.60. The average molecular weight is 1560 g/mol. The van der Waals surface area contributed by atoms with Gasteiger partial charge in [-0.1, -0.05) is 293 Å². The van der Waals surface area contributed by atoms with Crippen molar-refractivity contribution >= 4 is 179 Å². The van der Waals surface area contributed by atoms with Gasteiger partial charge in [-0.2, -0.15) is 0 Å². The lowest BCUT2D eigenvalue weighted by atomic mass is 9.73. The zero-order valence-electron chi connectivity index (χ0n) is 65.8. The third-order valence-corrected chi connectivity index (χ3v) is 27.0. The zero-order chi connectivity index (χ0) is 79.1. The fraction of sp³-hybridized carbons (Fsp3) is 0.0442. The van der Waals surface area contributed by atoms with Gasteiger partial charge in [0.2, 0.25) is 0 Å². The molecule has 564 valence electrons. The minimum Gasteiger partial charge on any atom is -0.311 e. The monoisotopic (exact) mass is 1560 g/mol. The van der Waals surface area contributed by atoms with Gasteiger partial charge in [0.1, 0.15) is 0 Å². The number of anilines is 11. The van der Waals surface area contributed by atoms with E-state index in [1.165, 1.54) is 145 Å². The van der Waals surface area contributed by atoms with Crippen LogP contribution in [0, 0.1) is 5.92 Å². The van der Waals surface area contributed by atoms with E-state index in [1.54, 1.807) is 0 Å². The number of hydrogen-bond acceptors (Lipinski definition) is 6. The third kappa shape index (κ3) is 12.6. The van der Waals surface area contributed by atoms with Crippen LogP contribution in [-0.4, -0.2) is 0 Å². The van der Waals surface area contributed by atoms with Crippen LogP contribution in [0.5, 0.6) is 0 Å². The number of hydrogen-bond donors (Lipinski definition) is 0. The molecule has 0 fully saturated rings. The molecule has 0 spiro atoms. The maximum absolute atomic E-state index is 2.53. The molecule has 2 heterocycles. The summed E-state index contributed by atoms with van der Waals surface area (Å²) in [7, 11) is 0. The van der Waals surface area contributed by atoms with Gasteiger partial charge in [-0.25, -0.2) is 0 Å². The first-order chi connectivity index (χ1) is 58.8. The van der Waals surface area contributed by atoms with Crippen molar-refractivity contribution in [3.8, 4) is 22.3 Å². The van der Waals surface area contributed by atoms with Crippen molar-refractivity contribution in [2.75, 3.05) is 19.6 Å². The van der Waals surface area contributed by atoms with Crippen LogP contribution >= 0.6 is 22.7 Å². The molecule has 21 aromatic rings. The van der Waals surface area contributed by atoms with E-state index >= 15 is 0 Å². The van der Waals surface area contributed by atoms with Crippen LogP contribution < -0.4 is 19.6 Å². The molecular weight excluding hydrogens is 1480 g/mol. The molecule has 2 aliphatic carbocycles. The molecular formula is C113H80N4S2. The van der Waals surface area contributed by atoms with Crippen molar-refractivity contribution in [1.82, 2.24) is 0 Å². The lowest BCUT2D eigenvalue weighted by molar-refractivity contribution is 0.392. The minimum atomic E-state index is -0.0622. The van der Waals surface area contributed by atoms with Crippen molar-refractivity contribution in [3.63, 3.8) is 0 Å². The van der Waals surface area contributed by atoms with Crippen molar-refractivity contribution < 1.29 is 0 Å². The Morgan fingerprint density at radius 3 is 0.983 bits per heavy atom. The number of benzene rings is 19. The Labute approximate surface area is 700 Å². The Balaban J connectivity index is 0.000000144. The highest BCUT2D eigenvalue weighted by Gasteiger charge is 2.46. The molecule has 0 bridgehead atoms. The van der Waals surface area contributed by atoms with E-state index in [-0.39, 0.29) is 5.41 Å². The highest BCUT2D eigenvalue weighted by molar-refractivity contribution is 7.27. The van der Waals surface area contributed by atoms with Crippen molar-refractivity contribution in [1.29, 1.82) is 0 Å². The maximum atomic E-state index is 2.53. The highest BCUT2D eigenvalue weighted by atomic mass is 32.1. The second-order valence-electron chi connectivity index (χ2n) is 31.9. The van der Waals surface area contributed by atoms with E-state index in [2.05, 4.69) is 470 Å². The number of allylic oxidation sites excluding steroid dienone is 3. The minimum absolute atomic E-state index is 0.0622. The highest BCUT2D eigenvalue weighted by Crippen LogP contribution is 2.56. The predicted molar refractivity (Wildman–Crippen MR) is 513 cm³/mol. The van der Waals surface area contributed by atoms with E-state index in [1.807, 2.05) is 22.7 Å². The van der Waals surface area contributed by atoms with Crippen LogP contribution in [0.15, 0.2) is 443 Å². The third-order valence-electron chi connectivity index (χ3n) is 24.6. The Morgan fingerprint density at radius 2 is 0.563 bits per heavy atom. The fourth-order valence-electron chi connectivity index (χ4n) is 19.0. The van der Waals surface area contributed by atoms with Gasteiger partial charge in [-0.3, -0.25) is 0 Å². The number of nitrogens with zero attached hydrogens (tertiary/aromatic N) is 4. The second kappa shape index (κ2) is 29.7. The van der Waals surface area contributed by atoms with Crippen LogP contribution in [-0.2, 0) is 5.41 Å². The molecule has 6 heteroatoms. The SMILES string of the molecule is CC1(C)c2cc(-c3ccc4c(c3)c3ccccc3c3c5ccc(N(c6ccccc6)c6ccccc6)cc5sc43)ccc2C2C=CC(N(c3ccccc3)c3ccccc3)=CC21.c1ccc(N(c2ccccc2)c2ccc3cc(-c4ccc5c(c4)c4ccccc4c4c6ccc(N(c7ccccc7)c7ccccc7)cc6sc54)ccc3c2)cc1. The Hall–Kier alpha value is -14.4. The van der Waals surface area contributed by atoms with Gasteiger partial charge >= 0.3 is 0 Å². The maximum Gasteiger partial charge on any atom is 0.0476 e. The summed E-state index contributed by atoms with van der Waals surface area (Å²) in [5, 5.41) is 18.1. The summed E-state index contributed by atoms with van der Waals surface area (Å²) in [5.74, 6) is 0.665. The summed E-state index contributed by atoms with van der Waals surface area (Å²) in [6.45, 7) is 4.89. The molecule has 0 aliphatic heterocycles. The summed E-state index contributed by atoms with van der Waals surface area (Å²) in [6, 6.07) is 152. The molecule has 119 heavy (non-hydrogen) atoms. The van der Waals surface area contributed by atoms with Gasteiger partial charge in [0.05, 0.1) is 0 Å². The topological polar surface area (TPSA) is 13.0 Å². The molecule has 2 unspecified atom stereocenters. The fourth-order valence-corrected chi connectivity index (χ4v) is 21.6. The number of fused-ring (bicyclic) bond motifs is 20.